The van der Waals surface area contributed by atoms with Crippen LogP contribution in [0.1, 0.15) is 6.42 Å². The second kappa shape index (κ2) is 5.18. The van der Waals surface area contributed by atoms with Gasteiger partial charge in [-0.25, -0.2) is 0 Å². The third-order valence-corrected chi connectivity index (χ3v) is 3.31. The maximum atomic E-state index is 11.0. The Hall–Kier alpha value is -1.56. The van der Waals surface area contributed by atoms with Crippen LogP contribution >= 0.6 is 15.9 Å². The molecule has 0 amide bonds. The highest BCUT2D eigenvalue weighted by atomic mass is 79.9. The molecule has 0 N–H and O–H groups in total. The van der Waals surface area contributed by atoms with Crippen LogP contribution < -0.4 is 0 Å². The van der Waals surface area contributed by atoms with Crippen molar-refractivity contribution in [2.75, 3.05) is 5.33 Å². The molecular formula is C11H10BrNO4. The first kappa shape index (κ1) is 11.9. The van der Waals surface area contributed by atoms with E-state index in [1.54, 1.807) is 6.08 Å². The second-order valence-corrected chi connectivity index (χ2v) is 4.20. The average molecular weight is 300 g/mol. The van der Waals surface area contributed by atoms with Gasteiger partial charge in [0.25, 0.3) is 5.70 Å². The number of hydrogen-bond donors (Lipinski definition) is 0. The van der Waals surface area contributed by atoms with Crippen LogP contribution in [0.5, 0.6) is 0 Å². The maximum Gasteiger partial charge on any atom is 0.276 e. The third-order valence-electron chi connectivity index (χ3n) is 2.53. The summed E-state index contributed by atoms with van der Waals surface area (Å²) in [6, 6.07) is 0. The number of allylic oxidation sites excluding steroid dienone is 3. The topological polar surface area (TPSA) is 61.6 Å². The number of nitro groups is 1. The van der Waals surface area contributed by atoms with Gasteiger partial charge in [-0.15, -0.1) is 0 Å². The van der Waals surface area contributed by atoms with E-state index in [1.807, 2.05) is 0 Å². The Morgan fingerprint density at radius 3 is 2.94 bits per heavy atom. The van der Waals surface area contributed by atoms with Crippen molar-refractivity contribution < 1.29 is 14.4 Å². The first-order chi connectivity index (χ1) is 8.24. The highest BCUT2D eigenvalue weighted by Gasteiger charge is 2.30. The Bertz CT molecular complexity index is 450. The number of hydrogen-bond acceptors (Lipinski definition) is 4. The molecule has 2 aliphatic rings. The Kier molecular flexibility index (Phi) is 3.63. The lowest BCUT2D eigenvalue weighted by Gasteiger charge is -2.21. The summed E-state index contributed by atoms with van der Waals surface area (Å²) < 4.78 is 10.3. The van der Waals surface area contributed by atoms with Gasteiger partial charge in [0.1, 0.15) is 18.8 Å². The van der Waals surface area contributed by atoms with Crippen molar-refractivity contribution in [1.29, 1.82) is 0 Å². The van der Waals surface area contributed by atoms with Crippen LogP contribution in [-0.4, -0.2) is 10.3 Å². The number of nitrogens with zero attached hydrogens (tertiary/aromatic N) is 1. The molecule has 0 bridgehead atoms. The molecule has 90 valence electrons. The second-order valence-electron chi connectivity index (χ2n) is 3.55. The Morgan fingerprint density at radius 1 is 1.53 bits per heavy atom. The summed E-state index contributed by atoms with van der Waals surface area (Å²) in [5, 5.41) is 11.6. The van der Waals surface area contributed by atoms with E-state index in [0.29, 0.717) is 16.7 Å². The fourth-order valence-corrected chi connectivity index (χ4v) is 2.36. The standard InChI is InChI=1S/C11H10BrNO4/c12-6-8-2-1-3-9(13(14)15)11(8)10-7-16-4-5-17-10/h1,3-5,7-8H,2,6H2/t8-/m0/s1. The summed E-state index contributed by atoms with van der Waals surface area (Å²) in [5.74, 6) is 0.412. The van der Waals surface area contributed by atoms with Gasteiger partial charge in [-0.2, -0.15) is 0 Å². The fraction of sp³-hybridized carbons (Fsp3) is 0.273. The molecule has 0 saturated heterocycles. The monoisotopic (exact) mass is 299 g/mol. The Labute approximate surface area is 106 Å². The molecule has 0 saturated carbocycles. The summed E-state index contributed by atoms with van der Waals surface area (Å²) in [6.45, 7) is 0. The first-order valence-electron chi connectivity index (χ1n) is 5.02. The molecule has 1 aliphatic carbocycles. The molecule has 0 unspecified atom stereocenters. The molecule has 1 aliphatic heterocycles. The number of ether oxygens (including phenoxy) is 2. The van der Waals surface area contributed by atoms with Gasteiger partial charge < -0.3 is 9.47 Å². The molecular weight excluding hydrogens is 290 g/mol. The van der Waals surface area contributed by atoms with E-state index in [-0.39, 0.29) is 11.6 Å². The van der Waals surface area contributed by atoms with E-state index in [2.05, 4.69) is 15.9 Å². The van der Waals surface area contributed by atoms with Crippen LogP contribution in [0.3, 0.4) is 0 Å². The summed E-state index contributed by atoms with van der Waals surface area (Å²) >= 11 is 3.36. The van der Waals surface area contributed by atoms with Crippen molar-refractivity contribution in [2.24, 2.45) is 5.92 Å². The largest absolute Gasteiger partial charge is 0.465 e. The molecule has 0 fully saturated rings. The van der Waals surface area contributed by atoms with E-state index in [4.69, 9.17) is 9.47 Å². The smallest absolute Gasteiger partial charge is 0.276 e. The van der Waals surface area contributed by atoms with Crippen LogP contribution in [0.25, 0.3) is 0 Å². The SMILES string of the molecule is O=[N+]([O-])C1=C(C2=COC=CO2)[C@H](CBr)CC=C1. The minimum absolute atomic E-state index is 0.0155. The predicted octanol–water partition coefficient (Wildman–Crippen LogP) is 2.85. The minimum Gasteiger partial charge on any atom is -0.465 e. The van der Waals surface area contributed by atoms with Crippen molar-refractivity contribution in [3.8, 4) is 0 Å². The molecule has 6 heteroatoms. The Balaban J connectivity index is 2.43. The van der Waals surface area contributed by atoms with Crippen molar-refractivity contribution in [3.05, 3.63) is 58.1 Å². The molecule has 0 radical (unpaired) electrons. The zero-order valence-electron chi connectivity index (χ0n) is 8.84. The lowest BCUT2D eigenvalue weighted by molar-refractivity contribution is -0.420. The normalized spacial score (nSPS) is 22.9. The van der Waals surface area contributed by atoms with Gasteiger partial charge in [0.15, 0.2) is 5.76 Å². The van der Waals surface area contributed by atoms with Crippen LogP contribution in [-0.2, 0) is 9.47 Å². The van der Waals surface area contributed by atoms with Gasteiger partial charge in [-0.05, 0) is 6.42 Å². The lowest BCUT2D eigenvalue weighted by Crippen LogP contribution is -2.17. The zero-order chi connectivity index (χ0) is 12.3. The van der Waals surface area contributed by atoms with Gasteiger partial charge in [0.2, 0.25) is 0 Å². The van der Waals surface area contributed by atoms with Crippen molar-refractivity contribution in [1.82, 2.24) is 0 Å². The highest BCUT2D eigenvalue weighted by molar-refractivity contribution is 9.09. The van der Waals surface area contributed by atoms with Crippen LogP contribution in [0.2, 0.25) is 0 Å². The van der Waals surface area contributed by atoms with Gasteiger partial charge in [0, 0.05) is 17.3 Å². The van der Waals surface area contributed by atoms with Crippen LogP contribution in [0.15, 0.2) is 48.0 Å². The van der Waals surface area contributed by atoms with Gasteiger partial charge in [-0.3, -0.25) is 10.1 Å². The van der Waals surface area contributed by atoms with E-state index in [0.717, 1.165) is 6.42 Å². The fourth-order valence-electron chi connectivity index (χ4n) is 1.78. The summed E-state index contributed by atoms with van der Waals surface area (Å²) in [5.41, 5.74) is 0.629. The molecule has 0 spiro atoms. The van der Waals surface area contributed by atoms with Gasteiger partial charge >= 0.3 is 0 Å². The summed E-state index contributed by atoms with van der Waals surface area (Å²) in [6.07, 6.45) is 8.17. The van der Waals surface area contributed by atoms with Crippen molar-refractivity contribution in [3.63, 3.8) is 0 Å². The molecule has 0 aromatic heterocycles. The zero-order valence-corrected chi connectivity index (χ0v) is 10.4. The van der Waals surface area contributed by atoms with E-state index < -0.39 is 4.92 Å². The minimum atomic E-state index is -0.400. The highest BCUT2D eigenvalue weighted by Crippen LogP contribution is 2.34. The first-order valence-corrected chi connectivity index (χ1v) is 6.15. The van der Waals surface area contributed by atoms with Gasteiger partial charge in [0.05, 0.1) is 10.5 Å². The third kappa shape index (κ3) is 2.41. The summed E-state index contributed by atoms with van der Waals surface area (Å²) in [4.78, 5) is 10.6. The van der Waals surface area contributed by atoms with E-state index >= 15 is 0 Å². The van der Waals surface area contributed by atoms with Crippen molar-refractivity contribution in [2.45, 2.75) is 6.42 Å². The summed E-state index contributed by atoms with van der Waals surface area (Å²) in [7, 11) is 0. The number of alkyl halides is 1. The van der Waals surface area contributed by atoms with Gasteiger partial charge in [-0.1, -0.05) is 22.0 Å². The molecule has 1 atom stereocenters. The number of rotatable bonds is 3. The number of halogens is 1. The molecule has 17 heavy (non-hydrogen) atoms. The van der Waals surface area contributed by atoms with E-state index in [9.17, 15) is 10.1 Å². The predicted molar refractivity (Wildman–Crippen MR) is 64.5 cm³/mol. The molecule has 0 aromatic rings. The molecule has 5 nitrogen and oxygen atoms in total. The van der Waals surface area contributed by atoms with E-state index in [1.165, 1.54) is 24.9 Å². The van der Waals surface area contributed by atoms with Crippen LogP contribution in [0, 0.1) is 16.0 Å². The average Bonchev–Trinajstić information content (AvgIpc) is 2.38. The quantitative estimate of drug-likeness (QED) is 0.457. The van der Waals surface area contributed by atoms with Crippen molar-refractivity contribution >= 4 is 15.9 Å². The molecule has 0 aromatic carbocycles. The molecule has 2 rings (SSSR count). The Morgan fingerprint density at radius 2 is 2.35 bits per heavy atom. The van der Waals surface area contributed by atoms with Crippen LogP contribution in [0.4, 0.5) is 0 Å². The lowest BCUT2D eigenvalue weighted by atomic mass is 9.90. The molecule has 1 heterocycles. The maximum absolute atomic E-state index is 11.0.